The van der Waals surface area contributed by atoms with Crippen LogP contribution in [0.4, 0.5) is 0 Å². The molecule has 0 fully saturated rings. The molecule has 0 radical (unpaired) electrons. The zero-order valence-corrected chi connectivity index (χ0v) is 21.1. The first-order valence-electron chi connectivity index (χ1n) is 12.7. The number of aromatic nitrogens is 1. The van der Waals surface area contributed by atoms with Crippen LogP contribution < -0.4 is 4.74 Å². The predicted octanol–water partition coefficient (Wildman–Crippen LogP) is 6.30. The highest BCUT2D eigenvalue weighted by atomic mass is 16.5. The van der Waals surface area contributed by atoms with Gasteiger partial charge < -0.3 is 9.64 Å². The molecule has 5 heteroatoms. The molecule has 1 aromatic heterocycles. The molecule has 4 aromatic rings. The molecule has 0 saturated heterocycles. The number of carbonyl (C=O) groups excluding carboxylic acids is 2. The highest BCUT2D eigenvalue weighted by molar-refractivity contribution is 5.93. The first kappa shape index (κ1) is 25.8. The fourth-order valence-corrected chi connectivity index (χ4v) is 4.57. The normalized spacial score (nSPS) is 10.8. The van der Waals surface area contributed by atoms with Crippen LogP contribution in [0.2, 0.25) is 0 Å². The second kappa shape index (κ2) is 13.2. The number of amides is 1. The van der Waals surface area contributed by atoms with Gasteiger partial charge in [0.15, 0.2) is 0 Å². The minimum atomic E-state index is -0.336. The first-order chi connectivity index (χ1) is 18.1. The number of pyridine rings is 1. The van der Waals surface area contributed by atoms with Crippen molar-refractivity contribution >= 4 is 11.9 Å². The van der Waals surface area contributed by atoms with E-state index in [1.165, 1.54) is 18.1 Å². The van der Waals surface area contributed by atoms with Gasteiger partial charge in [-0.1, -0.05) is 72.8 Å². The summed E-state index contributed by atoms with van der Waals surface area (Å²) >= 11 is 0. The van der Waals surface area contributed by atoms with E-state index in [2.05, 4.69) is 53.5 Å². The molecule has 0 spiro atoms. The van der Waals surface area contributed by atoms with E-state index in [0.29, 0.717) is 24.4 Å². The summed E-state index contributed by atoms with van der Waals surface area (Å²) in [7, 11) is 0. The zero-order chi connectivity index (χ0) is 25.9. The van der Waals surface area contributed by atoms with Crippen molar-refractivity contribution in [3.8, 4) is 5.75 Å². The standard InChI is InChI=1S/C32H32N2O3/c1-25(35)37-30-18-8-11-26(23-30)12-10-21-34(32(36)29-17-9-20-33-24-29)22-19-31(27-13-4-2-5-14-27)28-15-6-3-7-16-28/h2-9,11,13-18,20,23-24,31H,10,12,19,21-22H2,1H3. The van der Waals surface area contributed by atoms with Gasteiger partial charge >= 0.3 is 5.97 Å². The van der Waals surface area contributed by atoms with Crippen molar-refractivity contribution in [3.63, 3.8) is 0 Å². The van der Waals surface area contributed by atoms with Gasteiger partial charge in [0.25, 0.3) is 5.91 Å². The van der Waals surface area contributed by atoms with Gasteiger partial charge in [-0.2, -0.15) is 0 Å². The van der Waals surface area contributed by atoms with Crippen molar-refractivity contribution in [2.24, 2.45) is 0 Å². The second-order valence-corrected chi connectivity index (χ2v) is 9.04. The van der Waals surface area contributed by atoms with Gasteiger partial charge in [0.2, 0.25) is 0 Å². The van der Waals surface area contributed by atoms with Gasteiger partial charge in [0.1, 0.15) is 5.75 Å². The van der Waals surface area contributed by atoms with E-state index < -0.39 is 0 Å². The lowest BCUT2D eigenvalue weighted by Crippen LogP contribution is -2.34. The van der Waals surface area contributed by atoms with E-state index in [9.17, 15) is 9.59 Å². The Morgan fingerprint density at radius 1 is 0.838 bits per heavy atom. The first-order valence-corrected chi connectivity index (χ1v) is 12.7. The van der Waals surface area contributed by atoms with E-state index in [0.717, 1.165) is 24.8 Å². The molecule has 0 atom stereocenters. The Morgan fingerprint density at radius 2 is 1.54 bits per heavy atom. The molecule has 0 unspecified atom stereocenters. The number of esters is 1. The average Bonchev–Trinajstić information content (AvgIpc) is 2.93. The summed E-state index contributed by atoms with van der Waals surface area (Å²) in [5.74, 6) is 0.382. The van der Waals surface area contributed by atoms with E-state index in [1.54, 1.807) is 24.5 Å². The molecule has 0 aliphatic heterocycles. The number of ether oxygens (including phenoxy) is 1. The maximum atomic E-state index is 13.5. The quantitative estimate of drug-likeness (QED) is 0.182. The van der Waals surface area contributed by atoms with Gasteiger partial charge in [-0.3, -0.25) is 14.6 Å². The van der Waals surface area contributed by atoms with Crippen molar-refractivity contribution in [1.29, 1.82) is 0 Å². The fourth-order valence-electron chi connectivity index (χ4n) is 4.57. The minimum absolute atomic E-state index is 0.0124. The Balaban J connectivity index is 1.49. The molecule has 1 amide bonds. The number of carbonyl (C=O) groups is 2. The summed E-state index contributed by atoms with van der Waals surface area (Å²) in [6.07, 6.45) is 5.67. The highest BCUT2D eigenvalue weighted by Gasteiger charge is 2.20. The third-order valence-electron chi connectivity index (χ3n) is 6.34. The number of hydrogen-bond donors (Lipinski definition) is 0. The number of rotatable bonds is 11. The topological polar surface area (TPSA) is 59.5 Å². The molecule has 1 heterocycles. The molecule has 188 valence electrons. The van der Waals surface area contributed by atoms with Gasteiger partial charge in [0.05, 0.1) is 5.56 Å². The lowest BCUT2D eigenvalue weighted by Gasteiger charge is -2.26. The summed E-state index contributed by atoms with van der Waals surface area (Å²) in [4.78, 5) is 30.9. The van der Waals surface area contributed by atoms with Crippen molar-refractivity contribution < 1.29 is 14.3 Å². The smallest absolute Gasteiger partial charge is 0.308 e. The molecule has 3 aromatic carbocycles. The summed E-state index contributed by atoms with van der Waals surface area (Å²) in [5.41, 5.74) is 4.14. The van der Waals surface area contributed by atoms with Crippen LogP contribution in [0.1, 0.15) is 52.7 Å². The predicted molar refractivity (Wildman–Crippen MR) is 146 cm³/mol. The molecule has 4 rings (SSSR count). The third-order valence-corrected chi connectivity index (χ3v) is 6.34. The Morgan fingerprint density at radius 3 is 2.16 bits per heavy atom. The van der Waals surface area contributed by atoms with Crippen LogP contribution >= 0.6 is 0 Å². The Kier molecular flexibility index (Phi) is 9.19. The van der Waals surface area contributed by atoms with Crippen LogP contribution in [0.25, 0.3) is 0 Å². The van der Waals surface area contributed by atoms with Gasteiger partial charge in [-0.25, -0.2) is 0 Å². The largest absolute Gasteiger partial charge is 0.427 e. The van der Waals surface area contributed by atoms with Crippen LogP contribution in [0, 0.1) is 0 Å². The summed E-state index contributed by atoms with van der Waals surface area (Å²) in [6, 6.07) is 32.1. The van der Waals surface area contributed by atoms with E-state index in [4.69, 9.17) is 4.74 Å². The van der Waals surface area contributed by atoms with Crippen molar-refractivity contribution in [2.45, 2.75) is 32.1 Å². The molecule has 0 bridgehead atoms. The van der Waals surface area contributed by atoms with Crippen LogP contribution in [0.3, 0.4) is 0 Å². The number of hydrogen-bond acceptors (Lipinski definition) is 4. The van der Waals surface area contributed by atoms with Crippen LogP contribution in [0.5, 0.6) is 5.75 Å². The molecule has 0 N–H and O–H groups in total. The summed E-state index contributed by atoms with van der Waals surface area (Å²) in [6.45, 7) is 2.63. The lowest BCUT2D eigenvalue weighted by molar-refractivity contribution is -0.131. The Hall–Kier alpha value is -4.25. The number of aryl methyl sites for hydroxylation is 1. The molecule has 0 aliphatic carbocycles. The monoisotopic (exact) mass is 492 g/mol. The van der Waals surface area contributed by atoms with Gasteiger partial charge in [-0.05, 0) is 60.2 Å². The maximum Gasteiger partial charge on any atom is 0.308 e. The van der Waals surface area contributed by atoms with E-state index >= 15 is 0 Å². The zero-order valence-electron chi connectivity index (χ0n) is 21.1. The van der Waals surface area contributed by atoms with Crippen LogP contribution in [-0.2, 0) is 11.2 Å². The molecule has 0 saturated carbocycles. The Bertz CT molecular complexity index is 1240. The maximum absolute atomic E-state index is 13.5. The molecular formula is C32H32N2O3. The second-order valence-electron chi connectivity index (χ2n) is 9.04. The van der Waals surface area contributed by atoms with Gasteiger partial charge in [0, 0.05) is 38.3 Å². The molecule has 5 nitrogen and oxygen atoms in total. The number of benzene rings is 3. The summed E-state index contributed by atoms with van der Waals surface area (Å²) < 4.78 is 5.22. The van der Waals surface area contributed by atoms with Gasteiger partial charge in [-0.15, -0.1) is 0 Å². The SMILES string of the molecule is CC(=O)Oc1cccc(CCCN(CCC(c2ccccc2)c2ccccc2)C(=O)c2cccnc2)c1. The van der Waals surface area contributed by atoms with Crippen molar-refractivity contribution in [3.05, 3.63) is 132 Å². The Labute approximate surface area is 218 Å². The highest BCUT2D eigenvalue weighted by Crippen LogP contribution is 2.28. The fraction of sp³-hybridized carbons (Fsp3) is 0.219. The molecule has 37 heavy (non-hydrogen) atoms. The lowest BCUT2D eigenvalue weighted by atomic mass is 9.88. The minimum Gasteiger partial charge on any atom is -0.427 e. The van der Waals surface area contributed by atoms with Crippen LogP contribution in [0.15, 0.2) is 109 Å². The van der Waals surface area contributed by atoms with Crippen molar-refractivity contribution in [1.82, 2.24) is 9.88 Å². The van der Waals surface area contributed by atoms with E-state index in [-0.39, 0.29) is 17.8 Å². The van der Waals surface area contributed by atoms with Crippen molar-refractivity contribution in [2.75, 3.05) is 13.1 Å². The van der Waals surface area contributed by atoms with Crippen LogP contribution in [-0.4, -0.2) is 34.8 Å². The number of nitrogens with zero attached hydrogens (tertiary/aromatic N) is 2. The molecule has 0 aliphatic rings. The summed E-state index contributed by atoms with van der Waals surface area (Å²) in [5, 5.41) is 0. The van der Waals surface area contributed by atoms with E-state index in [1.807, 2.05) is 41.3 Å². The third kappa shape index (κ3) is 7.61. The molecular weight excluding hydrogens is 460 g/mol. The average molecular weight is 493 g/mol.